The third-order valence-electron chi connectivity index (χ3n) is 2.60. The number of primary amides is 1. The molecule has 0 saturated carbocycles. The lowest BCUT2D eigenvalue weighted by Crippen LogP contribution is -2.38. The highest BCUT2D eigenvalue weighted by atomic mass is 32.1. The van der Waals surface area contributed by atoms with Gasteiger partial charge in [-0.2, -0.15) is 5.06 Å². The minimum Gasteiger partial charge on any atom is -0.350 e. The van der Waals surface area contributed by atoms with Crippen molar-refractivity contribution in [3.8, 4) is 0 Å². The lowest BCUT2D eigenvalue weighted by atomic mass is 10.2. The average Bonchev–Trinajstić information content (AvgIpc) is 2.77. The Hall–Kier alpha value is -1.85. The molecule has 0 spiro atoms. The van der Waals surface area contributed by atoms with Gasteiger partial charge in [0.15, 0.2) is 0 Å². The summed E-state index contributed by atoms with van der Waals surface area (Å²) in [5.74, 6) is 0. The molecule has 0 saturated heterocycles. The maximum absolute atomic E-state index is 10.8. The average molecular weight is 262 g/mol. The van der Waals surface area contributed by atoms with Crippen LogP contribution in [0.25, 0.3) is 16.2 Å². The molecule has 0 aliphatic carbocycles. The van der Waals surface area contributed by atoms with Crippen molar-refractivity contribution in [3.05, 3.63) is 41.3 Å². The van der Waals surface area contributed by atoms with Crippen molar-refractivity contribution in [3.63, 3.8) is 0 Å². The molecular weight excluding hydrogens is 248 g/mol. The molecule has 0 aliphatic rings. The van der Waals surface area contributed by atoms with Crippen LogP contribution in [-0.2, 0) is 0 Å². The zero-order chi connectivity index (χ0) is 13.1. The molecule has 3 N–H and O–H groups in total. The number of hydroxylamine groups is 2. The predicted molar refractivity (Wildman–Crippen MR) is 73.5 cm³/mol. The number of nitrogens with zero attached hydrogens (tertiary/aromatic N) is 1. The van der Waals surface area contributed by atoms with Gasteiger partial charge in [0, 0.05) is 9.58 Å². The molecule has 2 rings (SSSR count). The first kappa shape index (κ1) is 12.6. The summed E-state index contributed by atoms with van der Waals surface area (Å²) in [6.07, 6.45) is 3.61. The second kappa shape index (κ2) is 5.20. The van der Waals surface area contributed by atoms with E-state index < -0.39 is 12.1 Å². The molecule has 1 aromatic heterocycles. The molecule has 1 aromatic carbocycles. The van der Waals surface area contributed by atoms with Gasteiger partial charge in [-0.1, -0.05) is 24.3 Å². The van der Waals surface area contributed by atoms with E-state index in [1.165, 1.54) is 10.1 Å². The van der Waals surface area contributed by atoms with Crippen LogP contribution in [0.2, 0.25) is 0 Å². The number of carbonyl (C=O) groups is 1. The predicted octanol–water partition coefficient (Wildman–Crippen LogP) is 3.07. The van der Waals surface area contributed by atoms with Gasteiger partial charge in [0.05, 0.1) is 6.04 Å². The first-order chi connectivity index (χ1) is 8.58. The maximum Gasteiger partial charge on any atom is 0.339 e. The fraction of sp³-hybridized carbons (Fsp3) is 0.154. The van der Waals surface area contributed by atoms with E-state index in [-0.39, 0.29) is 0 Å². The Kier molecular flexibility index (Phi) is 3.64. The van der Waals surface area contributed by atoms with Crippen LogP contribution < -0.4 is 5.73 Å². The third-order valence-corrected chi connectivity index (χ3v) is 3.68. The fourth-order valence-electron chi connectivity index (χ4n) is 1.60. The summed E-state index contributed by atoms with van der Waals surface area (Å²) >= 11 is 1.66. The quantitative estimate of drug-likeness (QED) is 0.659. The van der Waals surface area contributed by atoms with Crippen molar-refractivity contribution in [1.29, 1.82) is 0 Å². The molecule has 0 aliphatic heterocycles. The fourth-order valence-corrected chi connectivity index (χ4v) is 2.58. The van der Waals surface area contributed by atoms with Crippen LogP contribution in [0.15, 0.2) is 36.4 Å². The Morgan fingerprint density at radius 3 is 2.89 bits per heavy atom. The Morgan fingerprint density at radius 1 is 1.50 bits per heavy atom. The van der Waals surface area contributed by atoms with Gasteiger partial charge in [0.1, 0.15) is 0 Å². The van der Waals surface area contributed by atoms with Crippen LogP contribution in [0.3, 0.4) is 0 Å². The van der Waals surface area contributed by atoms with Crippen molar-refractivity contribution >= 4 is 33.5 Å². The van der Waals surface area contributed by atoms with Crippen LogP contribution in [0.1, 0.15) is 11.8 Å². The van der Waals surface area contributed by atoms with Crippen LogP contribution in [0, 0.1) is 0 Å². The van der Waals surface area contributed by atoms with Crippen molar-refractivity contribution in [1.82, 2.24) is 5.06 Å². The molecule has 5 heteroatoms. The van der Waals surface area contributed by atoms with Crippen molar-refractivity contribution in [2.45, 2.75) is 13.0 Å². The number of thiophene rings is 1. The second-order valence-electron chi connectivity index (χ2n) is 3.97. The molecule has 0 bridgehead atoms. The SMILES string of the molecule is CC(C=Cc1cc2ccccc2s1)N(O)C(N)=O. The number of nitrogens with two attached hydrogens (primary N) is 1. The molecule has 94 valence electrons. The minimum absolute atomic E-state index is 0.451. The first-order valence-electron chi connectivity index (χ1n) is 5.52. The zero-order valence-corrected chi connectivity index (χ0v) is 10.7. The number of rotatable bonds is 3. The van der Waals surface area contributed by atoms with Gasteiger partial charge < -0.3 is 5.73 Å². The van der Waals surface area contributed by atoms with Crippen molar-refractivity contribution < 1.29 is 10.0 Å². The highest BCUT2D eigenvalue weighted by Gasteiger charge is 2.11. The van der Waals surface area contributed by atoms with E-state index in [0.717, 1.165) is 4.88 Å². The molecule has 1 unspecified atom stereocenters. The maximum atomic E-state index is 10.8. The van der Waals surface area contributed by atoms with Gasteiger partial charge in [0.25, 0.3) is 0 Å². The molecule has 2 aromatic rings. The highest BCUT2D eigenvalue weighted by Crippen LogP contribution is 2.26. The van der Waals surface area contributed by atoms with E-state index in [9.17, 15) is 10.0 Å². The summed E-state index contributed by atoms with van der Waals surface area (Å²) in [7, 11) is 0. The minimum atomic E-state index is -0.858. The number of hydrogen-bond acceptors (Lipinski definition) is 3. The molecule has 1 heterocycles. The highest BCUT2D eigenvalue weighted by molar-refractivity contribution is 7.19. The summed E-state index contributed by atoms with van der Waals surface area (Å²) in [5, 5.41) is 11.0. The van der Waals surface area contributed by atoms with E-state index in [4.69, 9.17) is 5.73 Å². The monoisotopic (exact) mass is 262 g/mol. The first-order valence-corrected chi connectivity index (χ1v) is 6.34. The van der Waals surface area contributed by atoms with Crippen LogP contribution >= 0.6 is 11.3 Å². The van der Waals surface area contributed by atoms with Crippen molar-refractivity contribution in [2.24, 2.45) is 5.73 Å². The van der Waals surface area contributed by atoms with Crippen LogP contribution in [-0.4, -0.2) is 22.3 Å². The number of benzene rings is 1. The van der Waals surface area contributed by atoms with E-state index in [1.54, 1.807) is 24.3 Å². The van der Waals surface area contributed by atoms with Crippen LogP contribution in [0.5, 0.6) is 0 Å². The second-order valence-corrected chi connectivity index (χ2v) is 5.08. The Balaban J connectivity index is 2.15. The number of fused-ring (bicyclic) bond motifs is 1. The summed E-state index contributed by atoms with van der Waals surface area (Å²) in [6, 6.07) is 8.85. The van der Waals surface area contributed by atoms with E-state index in [1.807, 2.05) is 24.3 Å². The summed E-state index contributed by atoms with van der Waals surface area (Å²) in [6.45, 7) is 1.69. The third kappa shape index (κ3) is 2.69. The molecule has 1 atom stereocenters. The van der Waals surface area contributed by atoms with Crippen LogP contribution in [0.4, 0.5) is 4.79 Å². The van der Waals surface area contributed by atoms with Gasteiger partial charge in [-0.25, -0.2) is 4.79 Å². The lowest BCUT2D eigenvalue weighted by Gasteiger charge is -2.16. The Morgan fingerprint density at radius 2 is 2.22 bits per heavy atom. The van der Waals surface area contributed by atoms with E-state index >= 15 is 0 Å². The Labute approximate surface area is 109 Å². The van der Waals surface area contributed by atoms with Gasteiger partial charge in [0.2, 0.25) is 0 Å². The zero-order valence-electron chi connectivity index (χ0n) is 9.91. The summed E-state index contributed by atoms with van der Waals surface area (Å²) < 4.78 is 1.21. The molecule has 18 heavy (non-hydrogen) atoms. The smallest absolute Gasteiger partial charge is 0.339 e. The standard InChI is InChI=1S/C13H14N2O2S/c1-9(15(17)13(14)16)6-7-11-8-10-4-2-3-5-12(10)18-11/h2-9,17H,1H3,(H2,14,16). The topological polar surface area (TPSA) is 66.6 Å². The Bertz CT molecular complexity index is 558. The van der Waals surface area contributed by atoms with E-state index in [2.05, 4.69) is 12.1 Å². The summed E-state index contributed by atoms with van der Waals surface area (Å²) in [5.41, 5.74) is 4.97. The van der Waals surface area contributed by atoms with Gasteiger partial charge in [-0.15, -0.1) is 11.3 Å². The van der Waals surface area contributed by atoms with Gasteiger partial charge in [-0.05, 0) is 30.5 Å². The molecule has 0 fully saturated rings. The molecule has 0 radical (unpaired) electrons. The molecule has 4 nitrogen and oxygen atoms in total. The number of urea groups is 1. The van der Waals surface area contributed by atoms with Crippen molar-refractivity contribution in [2.75, 3.05) is 0 Å². The summed E-state index contributed by atoms with van der Waals surface area (Å²) in [4.78, 5) is 11.8. The van der Waals surface area contributed by atoms with Gasteiger partial charge in [-0.3, -0.25) is 5.21 Å². The van der Waals surface area contributed by atoms with Gasteiger partial charge >= 0.3 is 6.03 Å². The number of hydrogen-bond donors (Lipinski definition) is 2. The van der Waals surface area contributed by atoms with E-state index in [0.29, 0.717) is 5.06 Å². The molecular formula is C13H14N2O2S. The largest absolute Gasteiger partial charge is 0.350 e. The number of carbonyl (C=O) groups excluding carboxylic acids is 1. The number of amides is 2. The normalized spacial score (nSPS) is 13.0. The molecule has 2 amide bonds. The lowest BCUT2D eigenvalue weighted by molar-refractivity contribution is -0.0560.